The van der Waals surface area contributed by atoms with Crippen molar-refractivity contribution < 1.29 is 9.47 Å². The molecule has 2 aromatic rings. The summed E-state index contributed by atoms with van der Waals surface area (Å²) in [6.45, 7) is 13.5. The second kappa shape index (κ2) is 11.7. The number of hydrogen-bond acceptors (Lipinski definition) is 3. The number of rotatable bonds is 7. The molecule has 3 heteroatoms. The number of methoxy groups -OCH3 is 2. The van der Waals surface area contributed by atoms with Crippen LogP contribution in [0.2, 0.25) is 0 Å². The molecule has 0 aliphatic rings. The number of hydrogen-bond donors (Lipinski definition) is 0. The molecular weight excluding hydrogens is 334 g/mol. The Kier molecular flexibility index (Phi) is 9.66. The molecule has 27 heavy (non-hydrogen) atoms. The molecule has 3 nitrogen and oxygen atoms in total. The van der Waals surface area contributed by atoms with Gasteiger partial charge in [0.05, 0.1) is 19.9 Å². The highest BCUT2D eigenvalue weighted by atomic mass is 16.5. The minimum absolute atomic E-state index is 0.801. The molecule has 0 atom stereocenters. The van der Waals surface area contributed by atoms with Crippen LogP contribution in [0.25, 0.3) is 0 Å². The number of aliphatic imine (C=N–C) groups is 1. The fraction of sp³-hybridized carbons (Fsp3) is 0.292. The molecule has 2 rings (SSSR count). The van der Waals surface area contributed by atoms with Gasteiger partial charge in [-0.25, -0.2) is 0 Å². The zero-order chi connectivity index (χ0) is 20.2. The van der Waals surface area contributed by atoms with Crippen LogP contribution in [0.5, 0.6) is 11.5 Å². The van der Waals surface area contributed by atoms with Crippen molar-refractivity contribution in [3.05, 3.63) is 78.4 Å². The Bertz CT molecular complexity index is 787. The van der Waals surface area contributed by atoms with E-state index in [4.69, 9.17) is 9.47 Å². The molecule has 2 aromatic carbocycles. The summed E-state index contributed by atoms with van der Waals surface area (Å²) in [5.74, 6) is 1.84. The molecule has 0 N–H and O–H groups in total. The zero-order valence-electron chi connectivity index (χ0n) is 17.2. The predicted octanol–water partition coefficient (Wildman–Crippen LogP) is 6.27. The Balaban J connectivity index is 0.000000277. The average molecular weight is 366 g/mol. The van der Waals surface area contributed by atoms with E-state index < -0.39 is 0 Å². The molecule has 0 heterocycles. The van der Waals surface area contributed by atoms with E-state index >= 15 is 0 Å². The third kappa shape index (κ3) is 7.53. The molecule has 0 amide bonds. The van der Waals surface area contributed by atoms with Crippen LogP contribution in [0, 0.1) is 6.92 Å². The second-order valence-electron chi connectivity index (χ2n) is 6.36. The van der Waals surface area contributed by atoms with Crippen LogP contribution < -0.4 is 9.47 Å². The van der Waals surface area contributed by atoms with Crippen molar-refractivity contribution in [1.29, 1.82) is 0 Å². The first-order valence-electron chi connectivity index (χ1n) is 8.99. The third-order valence-electron chi connectivity index (χ3n) is 3.78. The monoisotopic (exact) mass is 365 g/mol. The minimum atomic E-state index is 0.801. The molecular formula is C24H31NO2. The van der Waals surface area contributed by atoms with Gasteiger partial charge in [-0.2, -0.15) is 0 Å². The molecule has 0 aromatic heterocycles. The van der Waals surface area contributed by atoms with Gasteiger partial charge in [0.2, 0.25) is 0 Å². The molecule has 0 unspecified atom stereocenters. The summed E-state index contributed by atoms with van der Waals surface area (Å²) < 4.78 is 10.5. The standard InChI is InChI=1S/C13H17NO.C11H14O/c1-5-6-11-9-12(14-10(2)3)7-8-13(11)15-4;1-4-5-10-8-9(2)6-7-11(10)12-3/h5,7-9H,1,6H2,2-4H3;4,6-8H,1,5H2,2-3H3. The van der Waals surface area contributed by atoms with Gasteiger partial charge in [-0.15, -0.1) is 13.2 Å². The first-order valence-corrected chi connectivity index (χ1v) is 8.99. The van der Waals surface area contributed by atoms with E-state index in [0.29, 0.717) is 0 Å². The Morgan fingerprint density at radius 1 is 0.889 bits per heavy atom. The van der Waals surface area contributed by atoms with Crippen LogP contribution in [-0.4, -0.2) is 19.9 Å². The van der Waals surface area contributed by atoms with Gasteiger partial charge in [0.15, 0.2) is 0 Å². The Hall–Kier alpha value is -2.81. The SMILES string of the molecule is C=CCc1cc(C)ccc1OC.C=CCc1cc(N=C(C)C)ccc1OC. The first-order chi connectivity index (χ1) is 12.9. The predicted molar refractivity (Wildman–Crippen MR) is 117 cm³/mol. The molecule has 0 aliphatic carbocycles. The van der Waals surface area contributed by atoms with E-state index in [-0.39, 0.29) is 0 Å². The summed E-state index contributed by atoms with van der Waals surface area (Å²) in [6, 6.07) is 12.1. The lowest BCUT2D eigenvalue weighted by Gasteiger charge is -2.07. The Morgan fingerprint density at radius 3 is 1.89 bits per heavy atom. The third-order valence-corrected chi connectivity index (χ3v) is 3.78. The van der Waals surface area contributed by atoms with E-state index in [1.165, 1.54) is 11.1 Å². The number of nitrogens with zero attached hydrogens (tertiary/aromatic N) is 1. The van der Waals surface area contributed by atoms with Crippen LogP contribution in [0.1, 0.15) is 30.5 Å². The molecule has 0 saturated heterocycles. The highest BCUT2D eigenvalue weighted by molar-refractivity contribution is 5.82. The molecule has 0 aliphatic heterocycles. The van der Waals surface area contributed by atoms with Crippen molar-refractivity contribution in [3.63, 3.8) is 0 Å². The van der Waals surface area contributed by atoms with Gasteiger partial charge in [-0.1, -0.05) is 29.8 Å². The quantitative estimate of drug-likeness (QED) is 0.428. The van der Waals surface area contributed by atoms with E-state index in [9.17, 15) is 0 Å². The van der Waals surface area contributed by atoms with E-state index in [0.717, 1.165) is 41.3 Å². The first kappa shape index (κ1) is 22.2. The van der Waals surface area contributed by atoms with Gasteiger partial charge in [-0.05, 0) is 69.0 Å². The normalized spacial score (nSPS) is 9.52. The van der Waals surface area contributed by atoms with Gasteiger partial charge in [0.1, 0.15) is 11.5 Å². The van der Waals surface area contributed by atoms with Crippen LogP contribution in [-0.2, 0) is 12.8 Å². The van der Waals surface area contributed by atoms with Gasteiger partial charge in [0.25, 0.3) is 0 Å². The van der Waals surface area contributed by atoms with Crippen molar-refractivity contribution in [3.8, 4) is 11.5 Å². The summed E-state index contributed by atoms with van der Waals surface area (Å²) in [5, 5.41) is 0. The van der Waals surface area contributed by atoms with Crippen molar-refractivity contribution >= 4 is 11.4 Å². The topological polar surface area (TPSA) is 30.8 Å². The van der Waals surface area contributed by atoms with E-state index in [1.54, 1.807) is 14.2 Å². The Morgan fingerprint density at radius 2 is 1.41 bits per heavy atom. The number of allylic oxidation sites excluding steroid dienone is 2. The fourth-order valence-electron chi connectivity index (χ4n) is 2.63. The van der Waals surface area contributed by atoms with E-state index in [1.807, 2.05) is 56.3 Å². The number of benzene rings is 2. The fourth-order valence-corrected chi connectivity index (χ4v) is 2.63. The smallest absolute Gasteiger partial charge is 0.122 e. The van der Waals surface area contributed by atoms with Gasteiger partial charge < -0.3 is 9.47 Å². The van der Waals surface area contributed by atoms with Crippen molar-refractivity contribution in [1.82, 2.24) is 0 Å². The zero-order valence-corrected chi connectivity index (χ0v) is 17.2. The molecule has 0 fully saturated rings. The van der Waals surface area contributed by atoms with Gasteiger partial charge in [0, 0.05) is 5.71 Å². The van der Waals surface area contributed by atoms with Crippen molar-refractivity contribution in [2.24, 2.45) is 4.99 Å². The minimum Gasteiger partial charge on any atom is -0.496 e. The van der Waals surface area contributed by atoms with Crippen molar-refractivity contribution in [2.75, 3.05) is 14.2 Å². The maximum absolute atomic E-state index is 5.26. The highest BCUT2D eigenvalue weighted by Gasteiger charge is 2.02. The van der Waals surface area contributed by atoms with Crippen LogP contribution in [0.15, 0.2) is 66.7 Å². The second-order valence-corrected chi connectivity index (χ2v) is 6.36. The summed E-state index contributed by atoms with van der Waals surface area (Å²) in [4.78, 5) is 4.40. The Labute approximate surface area is 164 Å². The van der Waals surface area contributed by atoms with Gasteiger partial charge in [-0.3, -0.25) is 4.99 Å². The lowest BCUT2D eigenvalue weighted by atomic mass is 10.1. The van der Waals surface area contributed by atoms with Crippen LogP contribution in [0.3, 0.4) is 0 Å². The summed E-state index contributed by atoms with van der Waals surface area (Å²) in [6.07, 6.45) is 5.42. The highest BCUT2D eigenvalue weighted by Crippen LogP contribution is 2.25. The van der Waals surface area contributed by atoms with Crippen LogP contribution in [0.4, 0.5) is 5.69 Å². The maximum atomic E-state index is 5.26. The largest absolute Gasteiger partial charge is 0.496 e. The summed E-state index contributed by atoms with van der Waals surface area (Å²) >= 11 is 0. The molecule has 0 bridgehead atoms. The lowest BCUT2D eigenvalue weighted by molar-refractivity contribution is 0.410. The number of aryl methyl sites for hydroxylation is 1. The van der Waals surface area contributed by atoms with Gasteiger partial charge >= 0.3 is 0 Å². The molecule has 144 valence electrons. The van der Waals surface area contributed by atoms with E-state index in [2.05, 4.69) is 31.1 Å². The lowest BCUT2D eigenvalue weighted by Crippen LogP contribution is -1.90. The summed E-state index contributed by atoms with van der Waals surface area (Å²) in [7, 11) is 3.37. The van der Waals surface area contributed by atoms with Crippen LogP contribution >= 0.6 is 0 Å². The number of ether oxygens (including phenoxy) is 2. The van der Waals surface area contributed by atoms with Crippen molar-refractivity contribution in [2.45, 2.75) is 33.6 Å². The molecule has 0 spiro atoms. The summed E-state index contributed by atoms with van der Waals surface area (Å²) in [5.41, 5.74) is 5.59. The maximum Gasteiger partial charge on any atom is 0.122 e. The average Bonchev–Trinajstić information content (AvgIpc) is 2.63. The molecule has 0 radical (unpaired) electrons. The molecule has 0 saturated carbocycles.